The molecule has 2 aromatic rings. The standard InChI is InChI=1S/C14H16BrN3O2/c1-2-14(20,10-3-5-11(15)6-4-10)9-16-13(19)12-7-8-17-18-12/h3-8,20H,2,9H2,1H3,(H,16,19)(H,17,18). The number of nitrogens with one attached hydrogen (secondary N) is 2. The smallest absolute Gasteiger partial charge is 0.269 e. The highest BCUT2D eigenvalue weighted by Crippen LogP contribution is 2.25. The lowest BCUT2D eigenvalue weighted by molar-refractivity contribution is 0.0313. The van der Waals surface area contributed by atoms with Gasteiger partial charge >= 0.3 is 0 Å². The minimum absolute atomic E-state index is 0.142. The first kappa shape index (κ1) is 14.7. The van der Waals surface area contributed by atoms with Gasteiger partial charge in [-0.05, 0) is 30.2 Å². The van der Waals surface area contributed by atoms with Gasteiger partial charge in [-0.3, -0.25) is 9.89 Å². The van der Waals surface area contributed by atoms with Gasteiger partial charge in [-0.15, -0.1) is 0 Å². The Balaban J connectivity index is 2.08. The average molecular weight is 338 g/mol. The molecule has 1 amide bonds. The molecule has 20 heavy (non-hydrogen) atoms. The molecule has 5 nitrogen and oxygen atoms in total. The minimum Gasteiger partial charge on any atom is -0.383 e. The topological polar surface area (TPSA) is 78.0 Å². The number of hydrogen-bond acceptors (Lipinski definition) is 3. The summed E-state index contributed by atoms with van der Waals surface area (Å²) >= 11 is 3.36. The summed E-state index contributed by atoms with van der Waals surface area (Å²) in [6.07, 6.45) is 2.01. The van der Waals surface area contributed by atoms with Gasteiger partial charge in [0.05, 0.1) is 6.54 Å². The van der Waals surface area contributed by atoms with E-state index in [1.54, 1.807) is 6.07 Å². The fourth-order valence-electron chi connectivity index (χ4n) is 1.90. The molecule has 0 aliphatic carbocycles. The second-order valence-electron chi connectivity index (χ2n) is 4.55. The maximum atomic E-state index is 11.9. The van der Waals surface area contributed by atoms with Crippen LogP contribution in [0.4, 0.5) is 0 Å². The van der Waals surface area contributed by atoms with E-state index in [9.17, 15) is 9.90 Å². The Hall–Kier alpha value is -1.66. The molecule has 106 valence electrons. The number of nitrogens with zero attached hydrogens (tertiary/aromatic N) is 1. The second kappa shape index (κ2) is 6.19. The molecule has 1 atom stereocenters. The zero-order valence-electron chi connectivity index (χ0n) is 11.1. The molecule has 0 saturated carbocycles. The van der Waals surface area contributed by atoms with E-state index in [-0.39, 0.29) is 12.5 Å². The molecule has 6 heteroatoms. The Labute approximate surface area is 125 Å². The van der Waals surface area contributed by atoms with Crippen LogP contribution in [0.15, 0.2) is 41.0 Å². The third-order valence-corrected chi connectivity index (χ3v) is 3.78. The Bertz CT molecular complexity index is 569. The Kier molecular flexibility index (Phi) is 4.57. The summed E-state index contributed by atoms with van der Waals surface area (Å²) in [6.45, 7) is 2.02. The van der Waals surface area contributed by atoms with E-state index < -0.39 is 5.60 Å². The van der Waals surface area contributed by atoms with Gasteiger partial charge in [0.2, 0.25) is 0 Å². The largest absolute Gasteiger partial charge is 0.383 e. The fourth-order valence-corrected chi connectivity index (χ4v) is 2.16. The predicted molar refractivity (Wildman–Crippen MR) is 79.3 cm³/mol. The number of carbonyl (C=O) groups is 1. The molecule has 0 fully saturated rings. The van der Waals surface area contributed by atoms with Crippen LogP contribution in [0.3, 0.4) is 0 Å². The molecule has 2 rings (SSSR count). The van der Waals surface area contributed by atoms with Gasteiger partial charge in [-0.25, -0.2) is 0 Å². The number of halogens is 1. The number of aromatic nitrogens is 2. The van der Waals surface area contributed by atoms with Crippen molar-refractivity contribution in [3.05, 3.63) is 52.3 Å². The second-order valence-corrected chi connectivity index (χ2v) is 5.46. The van der Waals surface area contributed by atoms with Crippen LogP contribution in [0.2, 0.25) is 0 Å². The van der Waals surface area contributed by atoms with Crippen LogP contribution >= 0.6 is 15.9 Å². The molecule has 0 bridgehead atoms. The lowest BCUT2D eigenvalue weighted by atomic mass is 9.91. The highest BCUT2D eigenvalue weighted by Gasteiger charge is 2.28. The number of amides is 1. The SMILES string of the molecule is CCC(O)(CNC(=O)c1ccn[nH]1)c1ccc(Br)cc1. The van der Waals surface area contributed by atoms with Gasteiger partial charge in [0.15, 0.2) is 0 Å². The highest BCUT2D eigenvalue weighted by molar-refractivity contribution is 9.10. The van der Waals surface area contributed by atoms with E-state index in [0.29, 0.717) is 12.1 Å². The van der Waals surface area contributed by atoms with Gasteiger partial charge < -0.3 is 10.4 Å². The first-order valence-corrected chi connectivity index (χ1v) is 7.10. The molecule has 0 aliphatic heterocycles. The van der Waals surface area contributed by atoms with Crippen LogP contribution in [0.5, 0.6) is 0 Å². The van der Waals surface area contributed by atoms with Crippen molar-refractivity contribution >= 4 is 21.8 Å². The summed E-state index contributed by atoms with van der Waals surface area (Å²) in [5.74, 6) is -0.286. The minimum atomic E-state index is -1.09. The third-order valence-electron chi connectivity index (χ3n) is 3.25. The monoisotopic (exact) mass is 337 g/mol. The Morgan fingerprint density at radius 1 is 1.40 bits per heavy atom. The summed E-state index contributed by atoms with van der Waals surface area (Å²) < 4.78 is 0.946. The van der Waals surface area contributed by atoms with Crippen LogP contribution in [-0.2, 0) is 5.60 Å². The molecular weight excluding hydrogens is 322 g/mol. The molecule has 0 saturated heterocycles. The highest BCUT2D eigenvalue weighted by atomic mass is 79.9. The van der Waals surface area contributed by atoms with Crippen molar-refractivity contribution in [1.82, 2.24) is 15.5 Å². The van der Waals surface area contributed by atoms with E-state index in [1.807, 2.05) is 31.2 Å². The van der Waals surface area contributed by atoms with E-state index in [1.165, 1.54) is 6.20 Å². The van der Waals surface area contributed by atoms with E-state index in [2.05, 4.69) is 31.4 Å². The van der Waals surface area contributed by atoms with Gasteiger partial charge in [0, 0.05) is 10.7 Å². The molecule has 0 spiro atoms. The van der Waals surface area contributed by atoms with E-state index in [0.717, 1.165) is 10.0 Å². The number of H-pyrrole nitrogens is 1. The predicted octanol–water partition coefficient (Wildman–Crippen LogP) is 2.20. The number of rotatable bonds is 5. The van der Waals surface area contributed by atoms with Crippen LogP contribution in [0.25, 0.3) is 0 Å². The van der Waals surface area contributed by atoms with Crippen molar-refractivity contribution in [2.45, 2.75) is 18.9 Å². The van der Waals surface area contributed by atoms with Gasteiger partial charge in [-0.1, -0.05) is 35.0 Å². The lowest BCUT2D eigenvalue weighted by Gasteiger charge is -2.27. The lowest BCUT2D eigenvalue weighted by Crippen LogP contribution is -2.40. The van der Waals surface area contributed by atoms with Crippen molar-refractivity contribution in [3.63, 3.8) is 0 Å². The Morgan fingerprint density at radius 2 is 2.10 bits per heavy atom. The molecule has 1 unspecified atom stereocenters. The molecule has 1 heterocycles. The van der Waals surface area contributed by atoms with Crippen LogP contribution in [0.1, 0.15) is 29.4 Å². The van der Waals surface area contributed by atoms with Crippen LogP contribution < -0.4 is 5.32 Å². The van der Waals surface area contributed by atoms with Gasteiger partial charge in [0.25, 0.3) is 5.91 Å². The quantitative estimate of drug-likeness (QED) is 0.782. The van der Waals surface area contributed by atoms with Crippen molar-refractivity contribution < 1.29 is 9.90 Å². The first-order valence-electron chi connectivity index (χ1n) is 6.31. The average Bonchev–Trinajstić information content (AvgIpc) is 2.99. The Morgan fingerprint density at radius 3 is 2.65 bits per heavy atom. The van der Waals surface area contributed by atoms with E-state index in [4.69, 9.17) is 0 Å². The van der Waals surface area contributed by atoms with E-state index >= 15 is 0 Å². The molecule has 1 aromatic carbocycles. The summed E-state index contributed by atoms with van der Waals surface area (Å²) in [4.78, 5) is 11.9. The van der Waals surface area contributed by atoms with Gasteiger partial charge in [0.1, 0.15) is 11.3 Å². The molecule has 1 aromatic heterocycles. The number of aromatic amines is 1. The van der Waals surface area contributed by atoms with Crippen molar-refractivity contribution in [2.24, 2.45) is 0 Å². The normalized spacial score (nSPS) is 13.8. The third kappa shape index (κ3) is 3.26. The summed E-state index contributed by atoms with van der Waals surface area (Å²) in [6, 6.07) is 9.01. The van der Waals surface area contributed by atoms with Crippen LogP contribution in [-0.4, -0.2) is 27.8 Å². The van der Waals surface area contributed by atoms with Crippen molar-refractivity contribution in [2.75, 3.05) is 6.54 Å². The molecule has 3 N–H and O–H groups in total. The first-order chi connectivity index (χ1) is 9.55. The maximum absolute atomic E-state index is 11.9. The fraction of sp³-hybridized carbons (Fsp3) is 0.286. The zero-order valence-corrected chi connectivity index (χ0v) is 12.6. The summed E-state index contributed by atoms with van der Waals surface area (Å²) in [5.41, 5.74) is 0.0588. The van der Waals surface area contributed by atoms with Crippen molar-refractivity contribution in [1.29, 1.82) is 0 Å². The molecule has 0 radical (unpaired) electrons. The number of aliphatic hydroxyl groups is 1. The maximum Gasteiger partial charge on any atom is 0.269 e. The van der Waals surface area contributed by atoms with Crippen molar-refractivity contribution in [3.8, 4) is 0 Å². The number of benzene rings is 1. The summed E-state index contributed by atoms with van der Waals surface area (Å²) in [5, 5.41) is 19.7. The molecule has 0 aliphatic rings. The number of hydrogen-bond donors (Lipinski definition) is 3. The molecular formula is C14H16BrN3O2. The zero-order chi connectivity index (χ0) is 14.6. The summed E-state index contributed by atoms with van der Waals surface area (Å²) in [7, 11) is 0. The number of carbonyl (C=O) groups excluding carboxylic acids is 1. The van der Waals surface area contributed by atoms with Crippen LogP contribution in [0, 0.1) is 0 Å². The van der Waals surface area contributed by atoms with Gasteiger partial charge in [-0.2, -0.15) is 5.10 Å².